The Kier molecular flexibility index (Phi) is 2.02. The summed E-state index contributed by atoms with van der Waals surface area (Å²) in [5.74, 6) is -0.0800. The number of aromatic nitrogens is 3. The lowest BCUT2D eigenvalue weighted by Gasteiger charge is -2.18. The van der Waals surface area contributed by atoms with Crippen LogP contribution in [0.15, 0.2) is 21.9 Å². The molecule has 0 atom stereocenters. The Morgan fingerprint density at radius 3 is 3.06 bits per heavy atom. The minimum atomic E-state index is -0.587. The van der Waals surface area contributed by atoms with Crippen LogP contribution in [0.25, 0.3) is 5.52 Å². The number of fused-ring (bicyclic) bond motifs is 2. The Labute approximate surface area is 94.5 Å². The van der Waals surface area contributed by atoms with E-state index in [2.05, 4.69) is 5.10 Å². The number of pyridine rings is 1. The van der Waals surface area contributed by atoms with Gasteiger partial charge in [-0.15, -0.1) is 0 Å². The van der Waals surface area contributed by atoms with Crippen molar-refractivity contribution >= 4 is 5.52 Å². The molecular weight excluding hydrogens is 226 g/mol. The summed E-state index contributed by atoms with van der Waals surface area (Å²) in [7, 11) is 0. The second-order valence-electron chi connectivity index (χ2n) is 3.75. The van der Waals surface area contributed by atoms with E-state index in [4.69, 9.17) is 4.74 Å². The normalized spacial score (nSPS) is 14.8. The Bertz CT molecular complexity index is 716. The van der Waals surface area contributed by atoms with Crippen LogP contribution >= 0.6 is 0 Å². The lowest BCUT2D eigenvalue weighted by molar-refractivity contribution is 0.0768. The standard InChI is InChI=1S/C10H9N3O4/c14-6-1-2-13-8(9(6)15)10(16)12-3-4-17-5-7(12)11-13/h1-2,15H,3-5H2. The zero-order valence-corrected chi connectivity index (χ0v) is 8.79. The predicted molar refractivity (Wildman–Crippen MR) is 57.0 cm³/mol. The molecule has 1 aliphatic rings. The van der Waals surface area contributed by atoms with Gasteiger partial charge in [0, 0.05) is 12.3 Å². The van der Waals surface area contributed by atoms with Crippen LogP contribution in [-0.4, -0.2) is 25.9 Å². The minimum Gasteiger partial charge on any atom is -0.502 e. The second kappa shape index (κ2) is 3.42. The smallest absolute Gasteiger partial charge is 0.282 e. The van der Waals surface area contributed by atoms with E-state index in [0.717, 1.165) is 6.07 Å². The van der Waals surface area contributed by atoms with E-state index < -0.39 is 16.7 Å². The number of hydrogen-bond acceptors (Lipinski definition) is 5. The van der Waals surface area contributed by atoms with Crippen molar-refractivity contribution < 1.29 is 9.84 Å². The van der Waals surface area contributed by atoms with Crippen LogP contribution in [0, 0.1) is 0 Å². The van der Waals surface area contributed by atoms with Gasteiger partial charge in [0.1, 0.15) is 6.61 Å². The van der Waals surface area contributed by atoms with Gasteiger partial charge in [0.2, 0.25) is 5.43 Å². The topological polar surface area (TPSA) is 85.8 Å². The van der Waals surface area contributed by atoms with Crippen LogP contribution in [0.2, 0.25) is 0 Å². The van der Waals surface area contributed by atoms with Gasteiger partial charge in [-0.1, -0.05) is 0 Å². The molecule has 1 N–H and O–H groups in total. The maximum Gasteiger partial charge on any atom is 0.282 e. The maximum absolute atomic E-state index is 12.1. The monoisotopic (exact) mass is 235 g/mol. The van der Waals surface area contributed by atoms with E-state index in [0.29, 0.717) is 19.0 Å². The quantitative estimate of drug-likeness (QED) is 0.639. The Hall–Kier alpha value is -2.15. The fourth-order valence-electron chi connectivity index (χ4n) is 1.88. The van der Waals surface area contributed by atoms with E-state index >= 15 is 0 Å². The van der Waals surface area contributed by atoms with Crippen molar-refractivity contribution in [2.45, 2.75) is 13.2 Å². The van der Waals surface area contributed by atoms with Gasteiger partial charge in [-0.2, -0.15) is 5.10 Å². The van der Waals surface area contributed by atoms with Crippen LogP contribution in [0.3, 0.4) is 0 Å². The zero-order valence-electron chi connectivity index (χ0n) is 8.79. The molecule has 0 radical (unpaired) electrons. The van der Waals surface area contributed by atoms with Crippen LogP contribution in [0.1, 0.15) is 5.82 Å². The van der Waals surface area contributed by atoms with E-state index in [1.54, 1.807) is 0 Å². The van der Waals surface area contributed by atoms with Crippen molar-refractivity contribution in [3.05, 3.63) is 38.7 Å². The molecule has 0 aromatic carbocycles. The number of aromatic hydroxyl groups is 1. The van der Waals surface area contributed by atoms with E-state index in [-0.39, 0.29) is 12.1 Å². The van der Waals surface area contributed by atoms with E-state index in [9.17, 15) is 14.7 Å². The third-order valence-electron chi connectivity index (χ3n) is 2.73. The zero-order chi connectivity index (χ0) is 12.0. The minimum absolute atomic E-state index is 0.0943. The van der Waals surface area contributed by atoms with Gasteiger partial charge in [0.25, 0.3) is 5.56 Å². The number of ether oxygens (including phenoxy) is 1. The molecule has 3 heterocycles. The maximum atomic E-state index is 12.1. The van der Waals surface area contributed by atoms with Gasteiger partial charge in [-0.3, -0.25) is 14.2 Å². The van der Waals surface area contributed by atoms with Crippen LogP contribution in [0.5, 0.6) is 5.75 Å². The molecule has 17 heavy (non-hydrogen) atoms. The average molecular weight is 235 g/mol. The summed E-state index contributed by atoms with van der Waals surface area (Å²) in [6.45, 7) is 1.04. The summed E-state index contributed by atoms with van der Waals surface area (Å²) in [5, 5.41) is 13.8. The highest BCUT2D eigenvalue weighted by molar-refractivity contribution is 5.56. The highest BCUT2D eigenvalue weighted by Crippen LogP contribution is 2.10. The number of rotatable bonds is 0. The fraction of sp³-hybridized carbons (Fsp3) is 0.300. The Morgan fingerprint density at radius 2 is 2.24 bits per heavy atom. The molecule has 1 aliphatic heterocycles. The molecule has 3 rings (SSSR count). The molecule has 0 spiro atoms. The molecular formula is C10H9N3O4. The van der Waals surface area contributed by atoms with Gasteiger partial charge >= 0.3 is 0 Å². The van der Waals surface area contributed by atoms with Crippen molar-refractivity contribution in [2.75, 3.05) is 6.61 Å². The lowest BCUT2D eigenvalue weighted by atomic mass is 10.3. The number of nitrogens with zero attached hydrogens (tertiary/aromatic N) is 3. The van der Waals surface area contributed by atoms with Crippen molar-refractivity contribution in [3.63, 3.8) is 0 Å². The summed E-state index contributed by atoms with van der Waals surface area (Å²) in [5.41, 5.74) is -1.10. The SMILES string of the molecule is O=c1ccn2nc3n(c(=O)c2c1O)CCOC3. The second-order valence-corrected chi connectivity index (χ2v) is 3.75. The molecule has 7 nitrogen and oxygen atoms in total. The molecule has 0 aliphatic carbocycles. The van der Waals surface area contributed by atoms with Crippen LogP contribution in [0.4, 0.5) is 0 Å². The predicted octanol–water partition coefficient (Wildman–Crippen LogP) is -0.908. The summed E-state index contributed by atoms with van der Waals surface area (Å²) in [4.78, 5) is 23.4. The highest BCUT2D eigenvalue weighted by Gasteiger charge is 2.17. The largest absolute Gasteiger partial charge is 0.502 e. The first kappa shape index (κ1) is 10.0. The van der Waals surface area contributed by atoms with E-state index in [1.165, 1.54) is 15.3 Å². The summed E-state index contributed by atoms with van der Waals surface area (Å²) in [6, 6.07) is 1.16. The molecule has 0 amide bonds. The molecule has 0 unspecified atom stereocenters. The number of hydrogen-bond donors (Lipinski definition) is 1. The molecule has 0 fully saturated rings. The lowest BCUT2D eigenvalue weighted by Crippen LogP contribution is -2.33. The Balaban J connectivity index is 2.49. The van der Waals surface area contributed by atoms with Gasteiger partial charge < -0.3 is 9.84 Å². The van der Waals surface area contributed by atoms with E-state index in [1.807, 2.05) is 0 Å². The van der Waals surface area contributed by atoms with Gasteiger partial charge in [-0.05, 0) is 0 Å². The Morgan fingerprint density at radius 1 is 1.41 bits per heavy atom. The average Bonchev–Trinajstić information content (AvgIpc) is 2.34. The fourth-order valence-corrected chi connectivity index (χ4v) is 1.88. The van der Waals surface area contributed by atoms with Crippen molar-refractivity contribution in [1.29, 1.82) is 0 Å². The van der Waals surface area contributed by atoms with Crippen molar-refractivity contribution in [2.24, 2.45) is 0 Å². The first-order valence-corrected chi connectivity index (χ1v) is 5.10. The highest BCUT2D eigenvalue weighted by atomic mass is 16.5. The molecule has 88 valence electrons. The van der Waals surface area contributed by atoms with Crippen molar-refractivity contribution in [1.82, 2.24) is 14.2 Å². The molecule has 0 saturated carbocycles. The first-order chi connectivity index (χ1) is 8.18. The van der Waals surface area contributed by atoms with Crippen molar-refractivity contribution in [3.8, 4) is 5.75 Å². The molecule has 0 bridgehead atoms. The van der Waals surface area contributed by atoms with Gasteiger partial charge in [0.15, 0.2) is 17.1 Å². The molecule has 2 aromatic heterocycles. The first-order valence-electron chi connectivity index (χ1n) is 5.10. The van der Waals surface area contributed by atoms with Gasteiger partial charge in [-0.25, -0.2) is 4.52 Å². The molecule has 7 heteroatoms. The third kappa shape index (κ3) is 1.36. The summed E-state index contributed by atoms with van der Waals surface area (Å²) >= 11 is 0. The third-order valence-corrected chi connectivity index (χ3v) is 2.73. The summed E-state index contributed by atoms with van der Waals surface area (Å²) in [6.07, 6.45) is 1.36. The molecule has 2 aromatic rings. The van der Waals surface area contributed by atoms with Gasteiger partial charge in [0.05, 0.1) is 13.2 Å². The molecule has 0 saturated heterocycles. The van der Waals surface area contributed by atoms with Crippen LogP contribution in [-0.2, 0) is 17.9 Å². The summed E-state index contributed by atoms with van der Waals surface area (Å²) < 4.78 is 7.82. The van der Waals surface area contributed by atoms with Crippen LogP contribution < -0.4 is 11.0 Å².